The number of rotatable bonds is 6. The topological polar surface area (TPSA) is 102 Å². The van der Waals surface area contributed by atoms with Crippen LogP contribution in [-0.4, -0.2) is 30.3 Å². The van der Waals surface area contributed by atoms with Gasteiger partial charge in [0.1, 0.15) is 0 Å². The van der Waals surface area contributed by atoms with E-state index in [0.717, 1.165) is 15.7 Å². The summed E-state index contributed by atoms with van der Waals surface area (Å²) in [7, 11) is 0. The molecule has 1 aliphatic rings. The number of nitrogens with one attached hydrogen (secondary N) is 3. The van der Waals surface area contributed by atoms with Gasteiger partial charge in [-0.15, -0.1) is 11.3 Å². The van der Waals surface area contributed by atoms with Crippen LogP contribution in [0.5, 0.6) is 11.5 Å². The van der Waals surface area contributed by atoms with E-state index < -0.39 is 0 Å². The molecule has 3 aromatic rings. The van der Waals surface area contributed by atoms with Crippen LogP contribution in [0.4, 0.5) is 15.6 Å². The van der Waals surface area contributed by atoms with E-state index in [-0.39, 0.29) is 31.7 Å². The average molecular weight is 489 g/mol. The van der Waals surface area contributed by atoms with Crippen LogP contribution in [0.2, 0.25) is 0 Å². The van der Waals surface area contributed by atoms with Gasteiger partial charge in [-0.1, -0.05) is 15.9 Å². The average Bonchev–Trinajstić information content (AvgIpc) is 3.38. The number of carbonyl (C=O) groups excluding carboxylic acids is 2. The van der Waals surface area contributed by atoms with Crippen molar-refractivity contribution in [1.29, 1.82) is 0 Å². The molecule has 154 valence electrons. The highest BCUT2D eigenvalue weighted by atomic mass is 79.9. The van der Waals surface area contributed by atoms with Gasteiger partial charge in [0.15, 0.2) is 16.6 Å². The fraction of sp³-hybridized carbons (Fsp3) is 0.150. The zero-order valence-electron chi connectivity index (χ0n) is 15.6. The summed E-state index contributed by atoms with van der Waals surface area (Å²) in [6.45, 7) is 0.418. The minimum absolute atomic E-state index is 0.132. The summed E-state index contributed by atoms with van der Waals surface area (Å²) in [6, 6.07) is 12.4. The molecule has 30 heavy (non-hydrogen) atoms. The maximum Gasteiger partial charge on any atom is 0.319 e. The van der Waals surface area contributed by atoms with Crippen LogP contribution in [0, 0.1) is 0 Å². The first-order chi connectivity index (χ1) is 14.6. The molecule has 0 atom stereocenters. The highest BCUT2D eigenvalue weighted by Gasteiger charge is 2.15. The summed E-state index contributed by atoms with van der Waals surface area (Å²) in [5.41, 5.74) is 2.28. The maximum atomic E-state index is 12.1. The van der Waals surface area contributed by atoms with Crippen molar-refractivity contribution in [3.63, 3.8) is 0 Å². The zero-order chi connectivity index (χ0) is 20.9. The van der Waals surface area contributed by atoms with Gasteiger partial charge in [-0.3, -0.25) is 4.79 Å². The van der Waals surface area contributed by atoms with E-state index in [9.17, 15) is 9.59 Å². The number of anilines is 2. The van der Waals surface area contributed by atoms with Crippen molar-refractivity contribution < 1.29 is 19.1 Å². The van der Waals surface area contributed by atoms with E-state index >= 15 is 0 Å². The molecule has 0 saturated heterocycles. The van der Waals surface area contributed by atoms with Crippen LogP contribution >= 0.6 is 27.3 Å². The predicted octanol–water partition coefficient (Wildman–Crippen LogP) is 4.45. The first kappa shape index (κ1) is 20.2. The monoisotopic (exact) mass is 488 g/mol. The number of amides is 3. The molecule has 0 saturated carbocycles. The molecule has 0 bridgehead atoms. The second kappa shape index (κ2) is 9.14. The third-order valence-corrected chi connectivity index (χ3v) is 5.44. The predicted molar refractivity (Wildman–Crippen MR) is 118 cm³/mol. The number of aromatic nitrogens is 1. The van der Waals surface area contributed by atoms with E-state index in [1.54, 1.807) is 12.1 Å². The zero-order valence-corrected chi connectivity index (χ0v) is 18.0. The quantitative estimate of drug-likeness (QED) is 0.475. The third kappa shape index (κ3) is 5.08. The Kier molecular flexibility index (Phi) is 6.15. The highest BCUT2D eigenvalue weighted by molar-refractivity contribution is 9.10. The molecule has 10 heteroatoms. The number of carbonyl (C=O) groups is 2. The van der Waals surface area contributed by atoms with E-state index in [4.69, 9.17) is 9.47 Å². The van der Waals surface area contributed by atoms with Gasteiger partial charge in [0.25, 0.3) is 0 Å². The minimum atomic E-state index is -0.371. The Labute approximate surface area is 184 Å². The molecule has 0 unspecified atom stereocenters. The number of hydrogen-bond acceptors (Lipinski definition) is 6. The number of fused-ring (bicyclic) bond motifs is 1. The van der Waals surface area contributed by atoms with Gasteiger partial charge in [0.05, 0.1) is 5.69 Å². The van der Waals surface area contributed by atoms with E-state index in [1.807, 2.05) is 35.7 Å². The van der Waals surface area contributed by atoms with Crippen molar-refractivity contribution in [1.82, 2.24) is 10.3 Å². The number of ether oxygens (including phenoxy) is 2. The van der Waals surface area contributed by atoms with Crippen LogP contribution in [0.3, 0.4) is 0 Å². The Bertz CT molecular complexity index is 1070. The molecule has 4 rings (SSSR count). The standard InChI is InChI=1S/C20H17BrN4O4S/c21-13-2-4-14(5-3-13)23-19(27)22-8-7-18(26)25-20-24-15(10-30-20)12-1-6-16-17(9-12)29-11-28-16/h1-6,9-10H,7-8,11H2,(H2,22,23,27)(H,24,25,26). The van der Waals surface area contributed by atoms with Gasteiger partial charge in [-0.25, -0.2) is 9.78 Å². The fourth-order valence-electron chi connectivity index (χ4n) is 2.70. The van der Waals surface area contributed by atoms with Crippen LogP contribution in [-0.2, 0) is 4.79 Å². The number of nitrogens with zero attached hydrogens (tertiary/aromatic N) is 1. The number of urea groups is 1. The van der Waals surface area contributed by atoms with Gasteiger partial charge in [-0.05, 0) is 42.5 Å². The van der Waals surface area contributed by atoms with Crippen molar-refractivity contribution in [2.45, 2.75) is 6.42 Å². The number of benzene rings is 2. The second-order valence-corrected chi connectivity index (χ2v) is 8.07. The van der Waals surface area contributed by atoms with E-state index in [2.05, 4.69) is 36.9 Å². The molecule has 8 nitrogen and oxygen atoms in total. The Morgan fingerprint density at radius 3 is 2.70 bits per heavy atom. The van der Waals surface area contributed by atoms with Crippen LogP contribution in [0.15, 0.2) is 52.3 Å². The lowest BCUT2D eigenvalue weighted by molar-refractivity contribution is -0.116. The normalized spacial score (nSPS) is 11.8. The first-order valence-corrected chi connectivity index (χ1v) is 10.7. The number of hydrogen-bond donors (Lipinski definition) is 3. The molecule has 3 amide bonds. The second-order valence-electron chi connectivity index (χ2n) is 6.29. The molecular weight excluding hydrogens is 472 g/mol. The van der Waals surface area contributed by atoms with Gasteiger partial charge in [0, 0.05) is 34.1 Å². The van der Waals surface area contributed by atoms with Crippen molar-refractivity contribution in [2.75, 3.05) is 24.0 Å². The first-order valence-electron chi connectivity index (χ1n) is 9.03. The molecule has 0 aliphatic carbocycles. The molecule has 2 aromatic carbocycles. The number of thiazole rings is 1. The van der Waals surface area contributed by atoms with E-state index in [0.29, 0.717) is 22.3 Å². The van der Waals surface area contributed by atoms with Gasteiger partial charge in [-0.2, -0.15) is 0 Å². The lowest BCUT2D eigenvalue weighted by Gasteiger charge is -2.07. The molecule has 0 radical (unpaired) electrons. The molecule has 0 fully saturated rings. The van der Waals surface area contributed by atoms with Gasteiger partial charge in [0.2, 0.25) is 12.7 Å². The summed E-state index contributed by atoms with van der Waals surface area (Å²) in [5, 5.41) is 10.5. The Morgan fingerprint density at radius 1 is 1.07 bits per heavy atom. The summed E-state index contributed by atoms with van der Waals surface area (Å²) in [5.74, 6) is 1.16. The van der Waals surface area contributed by atoms with Crippen LogP contribution in [0.25, 0.3) is 11.3 Å². The number of halogens is 1. The van der Waals surface area contributed by atoms with Crippen LogP contribution < -0.4 is 25.4 Å². The van der Waals surface area contributed by atoms with Gasteiger partial charge >= 0.3 is 6.03 Å². The highest BCUT2D eigenvalue weighted by Crippen LogP contribution is 2.36. The fourth-order valence-corrected chi connectivity index (χ4v) is 3.70. The lowest BCUT2D eigenvalue weighted by Crippen LogP contribution is -2.31. The molecule has 1 aliphatic heterocycles. The minimum Gasteiger partial charge on any atom is -0.454 e. The third-order valence-electron chi connectivity index (χ3n) is 4.16. The Balaban J connectivity index is 1.23. The summed E-state index contributed by atoms with van der Waals surface area (Å²) >= 11 is 4.67. The molecule has 2 heterocycles. The van der Waals surface area contributed by atoms with E-state index in [1.165, 1.54) is 11.3 Å². The summed E-state index contributed by atoms with van der Waals surface area (Å²) in [4.78, 5) is 28.5. The van der Waals surface area contributed by atoms with Crippen molar-refractivity contribution >= 4 is 50.0 Å². The maximum absolute atomic E-state index is 12.1. The van der Waals surface area contributed by atoms with Crippen molar-refractivity contribution in [2.24, 2.45) is 0 Å². The largest absolute Gasteiger partial charge is 0.454 e. The Morgan fingerprint density at radius 2 is 1.87 bits per heavy atom. The van der Waals surface area contributed by atoms with Crippen LogP contribution in [0.1, 0.15) is 6.42 Å². The Hall–Kier alpha value is -3.11. The molecule has 0 spiro atoms. The summed E-state index contributed by atoms with van der Waals surface area (Å²) in [6.07, 6.45) is 0.132. The summed E-state index contributed by atoms with van der Waals surface area (Å²) < 4.78 is 11.6. The molecule has 3 N–H and O–H groups in total. The SMILES string of the molecule is O=C(CCNC(=O)Nc1ccc(Br)cc1)Nc1nc(-c2ccc3c(c2)OCO3)cs1. The lowest BCUT2D eigenvalue weighted by atomic mass is 10.1. The van der Waals surface area contributed by atoms with Crippen molar-refractivity contribution in [3.05, 3.63) is 52.3 Å². The smallest absolute Gasteiger partial charge is 0.319 e. The molecular formula is C20H17BrN4O4S. The van der Waals surface area contributed by atoms with Gasteiger partial charge < -0.3 is 25.4 Å². The van der Waals surface area contributed by atoms with Crippen molar-refractivity contribution in [3.8, 4) is 22.8 Å². The molecule has 1 aromatic heterocycles.